The molecular formula is C26H30O11. The molecule has 0 saturated carbocycles. The minimum atomic E-state index is -0.483. The molecule has 0 N–H and O–H groups in total. The van der Waals surface area contributed by atoms with Crippen molar-refractivity contribution < 1.29 is 47.0 Å². The van der Waals surface area contributed by atoms with E-state index in [-0.39, 0.29) is 62.0 Å². The molecule has 3 aromatic rings. The summed E-state index contributed by atoms with van der Waals surface area (Å²) in [5, 5.41) is 0.154. The van der Waals surface area contributed by atoms with Crippen molar-refractivity contribution in [3.8, 4) is 40.1 Å². The molecule has 0 aliphatic carbocycles. The van der Waals surface area contributed by atoms with Crippen LogP contribution in [0.5, 0.6) is 28.7 Å². The number of ether oxygens (including phenoxy) is 9. The van der Waals surface area contributed by atoms with E-state index >= 15 is 0 Å². The van der Waals surface area contributed by atoms with Gasteiger partial charge in [0.25, 0.3) is 0 Å². The Bertz CT molecular complexity index is 1240. The third-order valence-corrected chi connectivity index (χ3v) is 4.79. The second-order valence-corrected chi connectivity index (χ2v) is 7.35. The van der Waals surface area contributed by atoms with Crippen LogP contribution in [0.1, 0.15) is 0 Å². The SMILES string of the molecule is C=CCOc1cc(OCOC)cc2oc(-c3ccc(OCOC)cc3OCOC)c(OCOC)c(=O)c12. The van der Waals surface area contributed by atoms with Gasteiger partial charge in [-0.25, -0.2) is 0 Å². The Balaban J connectivity index is 2.28. The molecule has 1 aromatic heterocycles. The van der Waals surface area contributed by atoms with Gasteiger partial charge in [0.05, 0.1) is 5.56 Å². The monoisotopic (exact) mass is 518 g/mol. The van der Waals surface area contributed by atoms with E-state index in [0.29, 0.717) is 22.8 Å². The van der Waals surface area contributed by atoms with Gasteiger partial charge in [-0.15, -0.1) is 0 Å². The predicted octanol–water partition coefficient (Wildman–Crippen LogP) is 3.96. The van der Waals surface area contributed by atoms with E-state index in [1.54, 1.807) is 36.4 Å². The van der Waals surface area contributed by atoms with Crippen LogP contribution in [-0.2, 0) is 18.9 Å². The maximum atomic E-state index is 13.8. The van der Waals surface area contributed by atoms with Crippen LogP contribution in [0, 0.1) is 0 Å². The lowest BCUT2D eigenvalue weighted by Crippen LogP contribution is -2.14. The summed E-state index contributed by atoms with van der Waals surface area (Å²) in [6.07, 6.45) is 1.56. The van der Waals surface area contributed by atoms with E-state index in [0.717, 1.165) is 0 Å². The minimum Gasteiger partial charge on any atom is -0.488 e. The van der Waals surface area contributed by atoms with Crippen molar-refractivity contribution in [2.75, 3.05) is 62.2 Å². The van der Waals surface area contributed by atoms with E-state index in [2.05, 4.69) is 6.58 Å². The molecule has 0 aliphatic heterocycles. The van der Waals surface area contributed by atoms with Crippen LogP contribution in [0.2, 0.25) is 0 Å². The van der Waals surface area contributed by atoms with E-state index < -0.39 is 5.43 Å². The lowest BCUT2D eigenvalue weighted by molar-refractivity contribution is 0.0457. The van der Waals surface area contributed by atoms with Crippen molar-refractivity contribution in [1.82, 2.24) is 0 Å². The smallest absolute Gasteiger partial charge is 0.239 e. The van der Waals surface area contributed by atoms with E-state index in [1.165, 1.54) is 28.4 Å². The first-order valence-electron chi connectivity index (χ1n) is 11.1. The second-order valence-electron chi connectivity index (χ2n) is 7.35. The molecule has 0 amide bonds. The summed E-state index contributed by atoms with van der Waals surface area (Å²) in [6, 6.07) is 8.09. The fourth-order valence-electron chi connectivity index (χ4n) is 3.29. The molecule has 37 heavy (non-hydrogen) atoms. The molecule has 0 bridgehead atoms. The molecule has 0 aliphatic rings. The third kappa shape index (κ3) is 6.92. The summed E-state index contributed by atoms with van der Waals surface area (Å²) in [5.41, 5.74) is 0.113. The lowest BCUT2D eigenvalue weighted by Gasteiger charge is -2.17. The molecular weight excluding hydrogens is 488 g/mol. The molecule has 1 heterocycles. The number of benzene rings is 2. The Kier molecular flexibility index (Phi) is 10.6. The molecule has 2 aromatic carbocycles. The first-order valence-corrected chi connectivity index (χ1v) is 11.1. The van der Waals surface area contributed by atoms with E-state index in [9.17, 15) is 4.79 Å². The molecule has 0 unspecified atom stereocenters. The molecule has 0 fully saturated rings. The number of rotatable bonds is 16. The van der Waals surface area contributed by atoms with Gasteiger partial charge in [0.1, 0.15) is 40.6 Å². The zero-order valence-electron chi connectivity index (χ0n) is 21.2. The van der Waals surface area contributed by atoms with Crippen LogP contribution in [0.15, 0.2) is 52.2 Å². The van der Waals surface area contributed by atoms with Crippen LogP contribution in [-0.4, -0.2) is 62.2 Å². The summed E-state index contributed by atoms with van der Waals surface area (Å²) in [4.78, 5) is 13.8. The van der Waals surface area contributed by atoms with Crippen molar-refractivity contribution in [3.63, 3.8) is 0 Å². The van der Waals surface area contributed by atoms with Gasteiger partial charge in [-0.05, 0) is 12.1 Å². The Labute approximate surface area is 213 Å². The topological polar surface area (TPSA) is 113 Å². The van der Waals surface area contributed by atoms with Crippen molar-refractivity contribution in [2.24, 2.45) is 0 Å². The second kappa shape index (κ2) is 14.1. The number of hydrogen-bond donors (Lipinski definition) is 0. The zero-order valence-corrected chi connectivity index (χ0v) is 21.2. The molecule has 0 saturated heterocycles. The van der Waals surface area contributed by atoms with Gasteiger partial charge in [0.2, 0.25) is 11.2 Å². The minimum absolute atomic E-state index is 0.0174. The van der Waals surface area contributed by atoms with Gasteiger partial charge in [-0.3, -0.25) is 4.79 Å². The highest BCUT2D eigenvalue weighted by Gasteiger charge is 2.24. The van der Waals surface area contributed by atoms with Crippen molar-refractivity contribution >= 4 is 11.0 Å². The van der Waals surface area contributed by atoms with Gasteiger partial charge < -0.3 is 47.0 Å². The van der Waals surface area contributed by atoms with Gasteiger partial charge in [-0.1, -0.05) is 12.7 Å². The Morgan fingerprint density at radius 1 is 0.757 bits per heavy atom. The maximum absolute atomic E-state index is 13.8. The molecule has 0 spiro atoms. The van der Waals surface area contributed by atoms with Crippen molar-refractivity contribution in [1.29, 1.82) is 0 Å². The predicted molar refractivity (Wildman–Crippen MR) is 134 cm³/mol. The van der Waals surface area contributed by atoms with Crippen LogP contribution < -0.4 is 29.1 Å². The molecule has 0 atom stereocenters. The largest absolute Gasteiger partial charge is 0.488 e. The van der Waals surface area contributed by atoms with E-state index in [1.807, 2.05) is 0 Å². The summed E-state index contributed by atoms with van der Waals surface area (Å²) in [7, 11) is 5.93. The van der Waals surface area contributed by atoms with Gasteiger partial charge in [0, 0.05) is 46.6 Å². The number of fused-ring (bicyclic) bond motifs is 1. The van der Waals surface area contributed by atoms with Gasteiger partial charge in [0.15, 0.2) is 32.9 Å². The molecule has 11 heteroatoms. The first kappa shape index (κ1) is 27.8. The average molecular weight is 519 g/mol. The van der Waals surface area contributed by atoms with Crippen molar-refractivity contribution in [2.45, 2.75) is 0 Å². The molecule has 11 nitrogen and oxygen atoms in total. The number of methoxy groups -OCH3 is 4. The maximum Gasteiger partial charge on any atom is 0.239 e. The number of hydrogen-bond acceptors (Lipinski definition) is 11. The summed E-state index contributed by atoms with van der Waals surface area (Å²) < 4.78 is 54.6. The van der Waals surface area contributed by atoms with Crippen LogP contribution in [0.4, 0.5) is 0 Å². The van der Waals surface area contributed by atoms with Gasteiger partial charge in [-0.2, -0.15) is 0 Å². The lowest BCUT2D eigenvalue weighted by atomic mass is 10.1. The molecule has 0 radical (unpaired) electrons. The van der Waals surface area contributed by atoms with E-state index in [4.69, 9.17) is 47.0 Å². The zero-order chi connectivity index (χ0) is 26.6. The first-order chi connectivity index (χ1) is 18.1. The summed E-state index contributed by atoms with van der Waals surface area (Å²) in [6.45, 7) is 3.56. The average Bonchev–Trinajstić information content (AvgIpc) is 2.91. The Hall–Kier alpha value is -3.77. The van der Waals surface area contributed by atoms with Crippen LogP contribution >= 0.6 is 0 Å². The Morgan fingerprint density at radius 3 is 2.05 bits per heavy atom. The third-order valence-electron chi connectivity index (χ3n) is 4.79. The molecule has 200 valence electrons. The standard InChI is InChI=1S/C26H30O11/c1-6-9-32-21-11-18(34-14-29-3)12-22-23(21)24(27)26(36-16-31-5)25(37-22)19-8-7-17(33-13-28-2)10-20(19)35-15-30-4/h6-8,10-12H,1,9,13-16H2,2-5H3. The Morgan fingerprint density at radius 2 is 1.38 bits per heavy atom. The van der Waals surface area contributed by atoms with Gasteiger partial charge >= 0.3 is 0 Å². The highest BCUT2D eigenvalue weighted by Crippen LogP contribution is 2.41. The quantitative estimate of drug-likeness (QED) is 0.203. The fourth-order valence-corrected chi connectivity index (χ4v) is 3.29. The highest BCUT2D eigenvalue weighted by molar-refractivity contribution is 5.89. The highest BCUT2D eigenvalue weighted by atomic mass is 16.7. The normalized spacial score (nSPS) is 10.8. The van der Waals surface area contributed by atoms with Crippen LogP contribution in [0.25, 0.3) is 22.3 Å². The fraction of sp³-hybridized carbons (Fsp3) is 0.346. The van der Waals surface area contributed by atoms with Crippen LogP contribution in [0.3, 0.4) is 0 Å². The summed E-state index contributed by atoms with van der Waals surface area (Å²) in [5.74, 6) is 1.37. The summed E-state index contributed by atoms with van der Waals surface area (Å²) >= 11 is 0. The van der Waals surface area contributed by atoms with Crippen molar-refractivity contribution in [3.05, 3.63) is 53.2 Å². The molecule has 3 rings (SSSR count).